The number of aromatic nitrogens is 2. The van der Waals surface area contributed by atoms with Crippen LogP contribution in [0.5, 0.6) is 0 Å². The molecule has 0 spiro atoms. The fourth-order valence-electron chi connectivity index (χ4n) is 3.51. The Hall–Kier alpha value is -0.540. The molecule has 1 aromatic rings. The van der Waals surface area contributed by atoms with Crippen molar-refractivity contribution < 1.29 is 0 Å². The minimum Gasteiger partial charge on any atom is -0.316 e. The molecule has 1 saturated carbocycles. The van der Waals surface area contributed by atoms with Crippen molar-refractivity contribution in [2.75, 3.05) is 13.1 Å². The van der Waals surface area contributed by atoms with Crippen LogP contribution in [0.3, 0.4) is 0 Å². The van der Waals surface area contributed by atoms with Gasteiger partial charge in [0.1, 0.15) is 0 Å². The second-order valence-corrected chi connectivity index (χ2v) is 7.39. The lowest BCUT2D eigenvalue weighted by Gasteiger charge is -2.41. The molecule has 2 rings (SSSR count). The van der Waals surface area contributed by atoms with Gasteiger partial charge in [-0.1, -0.05) is 32.4 Å². The summed E-state index contributed by atoms with van der Waals surface area (Å²) in [6, 6.07) is 0. The Kier molecular flexibility index (Phi) is 5.14. The summed E-state index contributed by atoms with van der Waals surface area (Å²) in [4.78, 5) is 0. The van der Waals surface area contributed by atoms with E-state index in [1.807, 2.05) is 11.7 Å². The van der Waals surface area contributed by atoms with Gasteiger partial charge in [0.25, 0.3) is 0 Å². The molecule has 114 valence electrons. The Morgan fingerprint density at radius 3 is 2.85 bits per heavy atom. The van der Waals surface area contributed by atoms with Gasteiger partial charge >= 0.3 is 0 Å². The number of aryl methyl sites for hydroxylation is 1. The van der Waals surface area contributed by atoms with Gasteiger partial charge in [0, 0.05) is 13.0 Å². The van der Waals surface area contributed by atoms with Gasteiger partial charge < -0.3 is 5.32 Å². The van der Waals surface area contributed by atoms with E-state index in [2.05, 4.69) is 31.2 Å². The van der Waals surface area contributed by atoms with Gasteiger partial charge in [-0.3, -0.25) is 4.68 Å². The molecule has 20 heavy (non-hydrogen) atoms. The number of hydrogen-bond acceptors (Lipinski definition) is 2. The molecular weight excluding hydrogens is 270 g/mol. The summed E-state index contributed by atoms with van der Waals surface area (Å²) in [5.74, 6) is 1.19. The van der Waals surface area contributed by atoms with E-state index in [4.69, 9.17) is 11.6 Å². The van der Waals surface area contributed by atoms with E-state index in [0.717, 1.165) is 18.1 Å². The monoisotopic (exact) mass is 297 g/mol. The zero-order valence-electron chi connectivity index (χ0n) is 13.2. The van der Waals surface area contributed by atoms with E-state index in [0.29, 0.717) is 17.3 Å². The number of rotatable bonds is 5. The lowest BCUT2D eigenvalue weighted by atomic mass is 9.66. The zero-order valence-corrected chi connectivity index (χ0v) is 14.0. The first-order valence-corrected chi connectivity index (χ1v) is 8.20. The van der Waals surface area contributed by atoms with E-state index in [9.17, 15) is 0 Å². The second-order valence-electron chi connectivity index (χ2n) is 6.98. The van der Waals surface area contributed by atoms with Crippen LogP contribution in [0.2, 0.25) is 5.02 Å². The molecule has 1 aliphatic rings. The van der Waals surface area contributed by atoms with Crippen molar-refractivity contribution in [2.45, 2.75) is 52.4 Å². The summed E-state index contributed by atoms with van der Waals surface area (Å²) >= 11 is 6.39. The van der Waals surface area contributed by atoms with E-state index in [-0.39, 0.29) is 0 Å². The van der Waals surface area contributed by atoms with E-state index >= 15 is 0 Å². The van der Waals surface area contributed by atoms with Gasteiger partial charge in [0.2, 0.25) is 0 Å². The van der Waals surface area contributed by atoms with Crippen LogP contribution in [0.15, 0.2) is 6.20 Å². The van der Waals surface area contributed by atoms with Crippen molar-refractivity contribution in [2.24, 2.45) is 18.4 Å². The predicted octanol–water partition coefficient (Wildman–Crippen LogP) is 3.98. The van der Waals surface area contributed by atoms with Crippen LogP contribution in [-0.2, 0) is 7.05 Å². The molecule has 0 aromatic carbocycles. The average Bonchev–Trinajstić information content (AvgIpc) is 2.71. The molecule has 0 radical (unpaired) electrons. The molecule has 4 heteroatoms. The highest BCUT2D eigenvalue weighted by molar-refractivity contribution is 6.31. The highest BCUT2D eigenvalue weighted by Gasteiger charge is 2.37. The van der Waals surface area contributed by atoms with E-state index < -0.39 is 0 Å². The van der Waals surface area contributed by atoms with Crippen LogP contribution in [0.4, 0.5) is 0 Å². The largest absolute Gasteiger partial charge is 0.316 e. The first-order valence-electron chi connectivity index (χ1n) is 7.82. The third kappa shape index (κ3) is 3.56. The van der Waals surface area contributed by atoms with Crippen LogP contribution in [-0.4, -0.2) is 22.9 Å². The van der Waals surface area contributed by atoms with Gasteiger partial charge in [0.15, 0.2) is 0 Å². The number of halogens is 1. The van der Waals surface area contributed by atoms with Crippen molar-refractivity contribution in [1.82, 2.24) is 15.1 Å². The Labute approximate surface area is 128 Å². The van der Waals surface area contributed by atoms with Crippen LogP contribution < -0.4 is 5.32 Å². The van der Waals surface area contributed by atoms with Gasteiger partial charge in [0.05, 0.1) is 16.9 Å². The lowest BCUT2D eigenvalue weighted by Crippen LogP contribution is -2.36. The topological polar surface area (TPSA) is 29.9 Å². The molecule has 0 amide bonds. The van der Waals surface area contributed by atoms with E-state index in [1.165, 1.54) is 31.4 Å². The third-order valence-electron chi connectivity index (χ3n) is 4.66. The molecule has 0 saturated heterocycles. The molecular formula is C16H28ClN3. The summed E-state index contributed by atoms with van der Waals surface area (Å²) < 4.78 is 1.97. The van der Waals surface area contributed by atoms with Crippen LogP contribution >= 0.6 is 11.6 Å². The summed E-state index contributed by atoms with van der Waals surface area (Å²) in [5.41, 5.74) is 1.63. The van der Waals surface area contributed by atoms with Gasteiger partial charge in [-0.2, -0.15) is 5.10 Å². The van der Waals surface area contributed by atoms with Crippen molar-refractivity contribution in [3.63, 3.8) is 0 Å². The molecule has 1 aromatic heterocycles. The quantitative estimate of drug-likeness (QED) is 0.833. The zero-order chi connectivity index (χ0) is 14.8. The first-order chi connectivity index (χ1) is 9.44. The molecule has 3 nitrogen and oxygen atoms in total. The Morgan fingerprint density at radius 1 is 1.50 bits per heavy atom. The molecule has 0 aliphatic heterocycles. The predicted molar refractivity (Wildman–Crippen MR) is 85.2 cm³/mol. The Morgan fingerprint density at radius 2 is 2.25 bits per heavy atom. The standard InChI is InChI=1S/C16H28ClN3/c1-5-8-18-10-12-6-7-16(2,3)9-13(12)15-14(17)11-19-20(15)4/h11-13,18H,5-10H2,1-4H3. The number of nitrogens with one attached hydrogen (secondary N) is 1. The first kappa shape index (κ1) is 15.8. The van der Waals surface area contributed by atoms with Crippen molar-refractivity contribution in [1.29, 1.82) is 0 Å². The molecule has 1 aliphatic carbocycles. The van der Waals surface area contributed by atoms with Crippen molar-refractivity contribution in [3.8, 4) is 0 Å². The maximum Gasteiger partial charge on any atom is 0.0820 e. The smallest absolute Gasteiger partial charge is 0.0820 e. The van der Waals surface area contributed by atoms with Crippen molar-refractivity contribution >= 4 is 11.6 Å². The summed E-state index contributed by atoms with van der Waals surface area (Å²) in [5, 5.41) is 8.75. The fraction of sp³-hybridized carbons (Fsp3) is 0.812. The number of nitrogens with zero attached hydrogens (tertiary/aromatic N) is 2. The maximum atomic E-state index is 6.39. The molecule has 2 atom stereocenters. The Balaban J connectivity index is 2.18. The molecule has 0 bridgehead atoms. The molecule has 2 unspecified atom stereocenters. The van der Waals surface area contributed by atoms with Crippen molar-refractivity contribution in [3.05, 3.63) is 16.9 Å². The average molecular weight is 298 g/mol. The molecule has 1 fully saturated rings. The highest BCUT2D eigenvalue weighted by Crippen LogP contribution is 2.47. The van der Waals surface area contributed by atoms with Crippen LogP contribution in [0, 0.1) is 11.3 Å². The summed E-state index contributed by atoms with van der Waals surface area (Å²) in [7, 11) is 2.01. The second kappa shape index (κ2) is 6.48. The lowest BCUT2D eigenvalue weighted by molar-refractivity contribution is 0.155. The van der Waals surface area contributed by atoms with E-state index in [1.54, 1.807) is 6.20 Å². The third-order valence-corrected chi connectivity index (χ3v) is 4.95. The van der Waals surface area contributed by atoms with Crippen LogP contribution in [0.25, 0.3) is 0 Å². The molecule has 1 N–H and O–H groups in total. The normalized spacial score (nSPS) is 25.9. The minimum absolute atomic E-state index is 0.402. The SMILES string of the molecule is CCCNCC1CCC(C)(C)CC1c1c(Cl)cnn1C. The minimum atomic E-state index is 0.402. The molecule has 1 heterocycles. The Bertz CT molecular complexity index is 419. The van der Waals surface area contributed by atoms with Gasteiger partial charge in [-0.15, -0.1) is 0 Å². The maximum absolute atomic E-state index is 6.39. The summed E-state index contributed by atoms with van der Waals surface area (Å²) in [6.07, 6.45) is 6.75. The van der Waals surface area contributed by atoms with Crippen LogP contribution in [0.1, 0.15) is 58.1 Å². The van der Waals surface area contributed by atoms with Gasteiger partial charge in [-0.25, -0.2) is 0 Å². The summed E-state index contributed by atoms with van der Waals surface area (Å²) in [6.45, 7) is 9.16. The fourth-order valence-corrected chi connectivity index (χ4v) is 3.81. The van der Waals surface area contributed by atoms with Gasteiger partial charge in [-0.05, 0) is 50.1 Å². The number of hydrogen-bond donors (Lipinski definition) is 1. The highest BCUT2D eigenvalue weighted by atomic mass is 35.5.